The molecule has 0 bridgehead atoms. The van der Waals surface area contributed by atoms with E-state index in [0.717, 1.165) is 5.56 Å². The highest BCUT2D eigenvalue weighted by Crippen LogP contribution is 2.17. The van der Waals surface area contributed by atoms with Crippen molar-refractivity contribution >= 4 is 16.0 Å². The molecule has 0 aliphatic carbocycles. The van der Waals surface area contributed by atoms with Gasteiger partial charge >= 0.3 is 5.97 Å². The van der Waals surface area contributed by atoms with Crippen LogP contribution in [0.15, 0.2) is 59.5 Å². The molecule has 146 valence electrons. The summed E-state index contributed by atoms with van der Waals surface area (Å²) in [6.07, 6.45) is 0. The Balaban J connectivity index is 2.06. The first-order valence-corrected chi connectivity index (χ1v) is 10.1. The van der Waals surface area contributed by atoms with Crippen molar-refractivity contribution in [2.45, 2.75) is 37.2 Å². The van der Waals surface area contributed by atoms with E-state index in [1.54, 1.807) is 0 Å². The lowest BCUT2D eigenvalue weighted by Gasteiger charge is -2.30. The lowest BCUT2D eigenvalue weighted by atomic mass is 10.0. The average molecular weight is 391 g/mol. The molecule has 0 radical (unpaired) electrons. The summed E-state index contributed by atoms with van der Waals surface area (Å²) in [5.74, 6) is -0.578. The van der Waals surface area contributed by atoms with Crippen LogP contribution in [0.4, 0.5) is 0 Å². The standard InChI is InChI=1S/C20H26N2O4S/c1-15(16-9-6-5-7-10-16)22-20(2,3)14-21-27(24,25)18-12-8-11-17(13-18)19(23)26-4/h5-13,15,21-22H,14H2,1-4H3. The molecular formula is C20H26N2O4S. The normalized spacial score (nSPS) is 13.2. The second-order valence-electron chi connectivity index (χ2n) is 7.00. The van der Waals surface area contributed by atoms with E-state index in [4.69, 9.17) is 0 Å². The van der Waals surface area contributed by atoms with Crippen molar-refractivity contribution in [1.29, 1.82) is 0 Å². The Labute approximate surface area is 161 Å². The van der Waals surface area contributed by atoms with Crippen molar-refractivity contribution in [3.05, 3.63) is 65.7 Å². The van der Waals surface area contributed by atoms with Crippen molar-refractivity contribution in [2.75, 3.05) is 13.7 Å². The first-order chi connectivity index (χ1) is 12.6. The van der Waals surface area contributed by atoms with Gasteiger partial charge in [-0.05, 0) is 44.5 Å². The van der Waals surface area contributed by atoms with Gasteiger partial charge in [0.1, 0.15) is 0 Å². The third-order valence-electron chi connectivity index (χ3n) is 4.18. The minimum Gasteiger partial charge on any atom is -0.465 e. The van der Waals surface area contributed by atoms with E-state index in [1.807, 2.05) is 51.1 Å². The van der Waals surface area contributed by atoms with Crippen molar-refractivity contribution < 1.29 is 17.9 Å². The highest BCUT2D eigenvalue weighted by atomic mass is 32.2. The van der Waals surface area contributed by atoms with Crippen LogP contribution in [0.25, 0.3) is 0 Å². The smallest absolute Gasteiger partial charge is 0.337 e. The molecule has 2 aromatic carbocycles. The molecule has 2 rings (SSSR count). The quantitative estimate of drug-likeness (QED) is 0.677. The zero-order valence-corrected chi connectivity index (χ0v) is 16.8. The van der Waals surface area contributed by atoms with Crippen LogP contribution in [-0.2, 0) is 14.8 Å². The fourth-order valence-electron chi connectivity index (χ4n) is 2.73. The van der Waals surface area contributed by atoms with Crippen LogP contribution >= 0.6 is 0 Å². The maximum atomic E-state index is 12.6. The number of hydrogen-bond donors (Lipinski definition) is 2. The Kier molecular flexibility index (Phi) is 6.75. The molecule has 27 heavy (non-hydrogen) atoms. The zero-order chi connectivity index (χ0) is 20.1. The number of methoxy groups -OCH3 is 1. The first kappa shape index (κ1) is 21.1. The Bertz CT molecular complexity index is 880. The summed E-state index contributed by atoms with van der Waals surface area (Å²) in [7, 11) is -2.50. The van der Waals surface area contributed by atoms with Crippen LogP contribution < -0.4 is 10.0 Å². The minimum atomic E-state index is -3.76. The van der Waals surface area contributed by atoms with Gasteiger partial charge in [-0.15, -0.1) is 0 Å². The second-order valence-corrected chi connectivity index (χ2v) is 8.77. The summed E-state index contributed by atoms with van der Waals surface area (Å²) in [6.45, 7) is 6.08. The third kappa shape index (κ3) is 5.89. The number of hydrogen-bond acceptors (Lipinski definition) is 5. The summed E-state index contributed by atoms with van der Waals surface area (Å²) in [5.41, 5.74) is 0.831. The van der Waals surface area contributed by atoms with Gasteiger partial charge in [-0.25, -0.2) is 17.9 Å². The van der Waals surface area contributed by atoms with E-state index in [-0.39, 0.29) is 23.0 Å². The molecular weight excluding hydrogens is 364 g/mol. The predicted molar refractivity (Wildman–Crippen MR) is 105 cm³/mol. The summed E-state index contributed by atoms with van der Waals surface area (Å²) >= 11 is 0. The molecule has 6 nitrogen and oxygen atoms in total. The van der Waals surface area contributed by atoms with E-state index in [9.17, 15) is 13.2 Å². The van der Waals surface area contributed by atoms with Crippen LogP contribution in [0.1, 0.15) is 42.7 Å². The maximum absolute atomic E-state index is 12.6. The van der Waals surface area contributed by atoms with Crippen LogP contribution in [0.5, 0.6) is 0 Å². The lowest BCUT2D eigenvalue weighted by molar-refractivity contribution is 0.0600. The van der Waals surface area contributed by atoms with Gasteiger partial charge in [0.25, 0.3) is 0 Å². The van der Waals surface area contributed by atoms with Gasteiger partial charge in [0, 0.05) is 18.1 Å². The van der Waals surface area contributed by atoms with E-state index in [2.05, 4.69) is 14.8 Å². The van der Waals surface area contributed by atoms with Gasteiger partial charge in [-0.1, -0.05) is 36.4 Å². The van der Waals surface area contributed by atoms with E-state index in [0.29, 0.717) is 0 Å². The monoisotopic (exact) mass is 390 g/mol. The molecule has 0 saturated carbocycles. The fourth-order valence-corrected chi connectivity index (χ4v) is 3.99. The molecule has 0 aliphatic heterocycles. The van der Waals surface area contributed by atoms with Gasteiger partial charge in [-0.2, -0.15) is 0 Å². The number of nitrogens with one attached hydrogen (secondary N) is 2. The Morgan fingerprint density at radius 2 is 1.78 bits per heavy atom. The lowest BCUT2D eigenvalue weighted by Crippen LogP contribution is -2.49. The molecule has 0 heterocycles. The summed E-state index contributed by atoms with van der Waals surface area (Å²) < 4.78 is 32.5. The topological polar surface area (TPSA) is 84.5 Å². The van der Waals surface area contributed by atoms with E-state index >= 15 is 0 Å². The molecule has 0 amide bonds. The van der Waals surface area contributed by atoms with Crippen LogP contribution in [0, 0.1) is 0 Å². The Hall–Kier alpha value is -2.22. The number of benzene rings is 2. The van der Waals surface area contributed by atoms with Crippen molar-refractivity contribution in [1.82, 2.24) is 10.0 Å². The molecule has 0 spiro atoms. The number of esters is 1. The van der Waals surface area contributed by atoms with Crippen LogP contribution in [0.2, 0.25) is 0 Å². The van der Waals surface area contributed by atoms with Gasteiger partial charge in [0.05, 0.1) is 17.6 Å². The molecule has 0 fully saturated rings. The van der Waals surface area contributed by atoms with Crippen molar-refractivity contribution in [2.24, 2.45) is 0 Å². The molecule has 2 N–H and O–H groups in total. The summed E-state index contributed by atoms with van der Waals surface area (Å²) in [4.78, 5) is 11.6. The van der Waals surface area contributed by atoms with Gasteiger partial charge in [-0.3, -0.25) is 0 Å². The van der Waals surface area contributed by atoms with Crippen molar-refractivity contribution in [3.63, 3.8) is 0 Å². The van der Waals surface area contributed by atoms with Gasteiger partial charge in [0.15, 0.2) is 0 Å². The second kappa shape index (κ2) is 8.65. The molecule has 0 saturated heterocycles. The number of carbonyl (C=O) groups excluding carboxylic acids is 1. The summed E-state index contributed by atoms with van der Waals surface area (Å²) in [6, 6.07) is 15.8. The zero-order valence-electron chi connectivity index (χ0n) is 16.0. The van der Waals surface area contributed by atoms with Gasteiger partial charge < -0.3 is 10.1 Å². The Morgan fingerprint density at radius 3 is 2.41 bits per heavy atom. The SMILES string of the molecule is COC(=O)c1cccc(S(=O)(=O)NCC(C)(C)NC(C)c2ccccc2)c1. The number of sulfonamides is 1. The largest absolute Gasteiger partial charge is 0.465 e. The maximum Gasteiger partial charge on any atom is 0.337 e. The van der Waals surface area contributed by atoms with Crippen LogP contribution in [-0.4, -0.2) is 33.6 Å². The van der Waals surface area contributed by atoms with Crippen LogP contribution in [0.3, 0.4) is 0 Å². The number of ether oxygens (including phenoxy) is 1. The molecule has 0 aliphatic rings. The highest BCUT2D eigenvalue weighted by Gasteiger charge is 2.24. The number of rotatable bonds is 8. The number of carbonyl (C=O) groups is 1. The van der Waals surface area contributed by atoms with E-state index < -0.39 is 21.5 Å². The molecule has 1 unspecified atom stereocenters. The van der Waals surface area contributed by atoms with Gasteiger partial charge in [0.2, 0.25) is 10.0 Å². The fraction of sp³-hybridized carbons (Fsp3) is 0.350. The Morgan fingerprint density at radius 1 is 1.11 bits per heavy atom. The van der Waals surface area contributed by atoms with Crippen molar-refractivity contribution in [3.8, 4) is 0 Å². The minimum absolute atomic E-state index is 0.0253. The van der Waals surface area contributed by atoms with E-state index in [1.165, 1.54) is 31.4 Å². The highest BCUT2D eigenvalue weighted by molar-refractivity contribution is 7.89. The predicted octanol–water partition coefficient (Wildman–Crippen LogP) is 2.88. The molecule has 0 aromatic heterocycles. The summed E-state index contributed by atoms with van der Waals surface area (Å²) in [5, 5.41) is 3.43. The molecule has 7 heteroatoms. The third-order valence-corrected chi connectivity index (χ3v) is 5.58. The first-order valence-electron chi connectivity index (χ1n) is 8.65. The molecule has 2 aromatic rings. The average Bonchev–Trinajstić information content (AvgIpc) is 2.66. The molecule has 1 atom stereocenters.